The maximum absolute atomic E-state index is 12.4. The minimum atomic E-state index is -0.690. The van der Waals surface area contributed by atoms with Crippen molar-refractivity contribution in [3.63, 3.8) is 0 Å². The SMILES string of the molecule is C\C=C/C=N\C(=C\CC)Nc1cnc(Cl)cc1C(C)=N/C(=C(N)\C(=C\CC)C(N)=O)c1c(C)ccc(N)c1C=N. The number of pyridine rings is 1. The minimum Gasteiger partial charge on any atom is -0.398 e. The lowest BCUT2D eigenvalue weighted by molar-refractivity contribution is -0.114. The third-order valence-corrected chi connectivity index (χ3v) is 5.99. The molecule has 1 heterocycles. The van der Waals surface area contributed by atoms with E-state index in [4.69, 9.17) is 39.2 Å². The van der Waals surface area contributed by atoms with E-state index >= 15 is 0 Å². The normalized spacial score (nSPS) is 13.6. The van der Waals surface area contributed by atoms with Gasteiger partial charge in [0.2, 0.25) is 0 Å². The van der Waals surface area contributed by atoms with Crippen molar-refractivity contribution in [2.75, 3.05) is 11.1 Å². The molecule has 0 aliphatic carbocycles. The number of carbonyl (C=O) groups is 1. The Kier molecular flexibility index (Phi) is 12.0. The third kappa shape index (κ3) is 8.00. The first-order valence-corrected chi connectivity index (χ1v) is 13.2. The van der Waals surface area contributed by atoms with Crippen LogP contribution in [0.25, 0.3) is 5.70 Å². The van der Waals surface area contributed by atoms with Gasteiger partial charge in [0, 0.05) is 40.5 Å². The van der Waals surface area contributed by atoms with Crippen LogP contribution in [0.5, 0.6) is 0 Å². The lowest BCUT2D eigenvalue weighted by atomic mass is 9.94. The summed E-state index contributed by atoms with van der Waals surface area (Å²) in [7, 11) is 0. The number of nitrogen functional groups attached to an aromatic ring is 1. The minimum absolute atomic E-state index is 0.0719. The highest BCUT2D eigenvalue weighted by atomic mass is 35.5. The largest absolute Gasteiger partial charge is 0.398 e. The van der Waals surface area contributed by atoms with Crippen LogP contribution < -0.4 is 22.5 Å². The van der Waals surface area contributed by atoms with Gasteiger partial charge in [0.25, 0.3) is 5.91 Å². The van der Waals surface area contributed by atoms with Gasteiger partial charge in [0.1, 0.15) is 11.0 Å². The summed E-state index contributed by atoms with van der Waals surface area (Å²) in [5.74, 6) is -0.0703. The van der Waals surface area contributed by atoms with Crippen molar-refractivity contribution >= 4 is 52.7 Å². The molecule has 0 fully saturated rings. The number of benzene rings is 1. The van der Waals surface area contributed by atoms with E-state index < -0.39 is 5.91 Å². The molecular formula is C30H37ClN8O. The van der Waals surface area contributed by atoms with Crippen molar-refractivity contribution in [2.45, 2.75) is 47.5 Å². The van der Waals surface area contributed by atoms with Crippen molar-refractivity contribution in [3.8, 4) is 0 Å². The number of allylic oxidation sites excluding steroid dienone is 4. The van der Waals surface area contributed by atoms with Gasteiger partial charge in [-0.25, -0.2) is 9.98 Å². The lowest BCUT2D eigenvalue weighted by Crippen LogP contribution is -2.21. The van der Waals surface area contributed by atoms with Crippen LogP contribution in [-0.4, -0.2) is 29.0 Å². The number of hydrogen-bond acceptors (Lipinski definition) is 8. The van der Waals surface area contributed by atoms with Crippen LogP contribution in [0.3, 0.4) is 0 Å². The summed E-state index contributed by atoms with van der Waals surface area (Å²) in [4.78, 5) is 26.0. The number of nitrogens with two attached hydrogens (primary N) is 3. The Morgan fingerprint density at radius 1 is 1.20 bits per heavy atom. The van der Waals surface area contributed by atoms with E-state index in [9.17, 15) is 4.79 Å². The number of hydrogen-bond donors (Lipinski definition) is 5. The molecule has 1 aromatic carbocycles. The van der Waals surface area contributed by atoms with Crippen molar-refractivity contribution < 1.29 is 4.79 Å². The van der Waals surface area contributed by atoms with E-state index in [2.05, 4.69) is 15.3 Å². The van der Waals surface area contributed by atoms with E-state index in [-0.39, 0.29) is 22.1 Å². The van der Waals surface area contributed by atoms with Gasteiger partial charge in [0.05, 0.1) is 28.9 Å². The molecular weight excluding hydrogens is 524 g/mol. The Morgan fingerprint density at radius 3 is 2.50 bits per heavy atom. The van der Waals surface area contributed by atoms with Crippen molar-refractivity contribution in [2.24, 2.45) is 21.5 Å². The Hall–Kier alpha value is -4.50. The Morgan fingerprint density at radius 2 is 1.90 bits per heavy atom. The van der Waals surface area contributed by atoms with E-state index in [1.165, 1.54) is 0 Å². The zero-order valence-corrected chi connectivity index (χ0v) is 24.3. The number of halogens is 1. The van der Waals surface area contributed by atoms with Gasteiger partial charge in [-0.2, -0.15) is 0 Å². The zero-order chi connectivity index (χ0) is 29.8. The zero-order valence-electron chi connectivity index (χ0n) is 23.5. The molecule has 0 spiro atoms. The molecule has 10 heteroatoms. The average Bonchev–Trinajstić information content (AvgIpc) is 2.92. The van der Waals surface area contributed by atoms with E-state index in [1.54, 1.807) is 37.5 Å². The summed E-state index contributed by atoms with van der Waals surface area (Å²) in [6, 6.07) is 5.20. The van der Waals surface area contributed by atoms with Gasteiger partial charge in [-0.3, -0.25) is 9.79 Å². The lowest BCUT2D eigenvalue weighted by Gasteiger charge is -2.18. The summed E-state index contributed by atoms with van der Waals surface area (Å²) < 4.78 is 0. The molecule has 210 valence electrons. The first-order valence-electron chi connectivity index (χ1n) is 12.8. The molecule has 9 nitrogen and oxygen atoms in total. The number of aromatic nitrogens is 1. The fourth-order valence-electron chi connectivity index (χ4n) is 3.87. The van der Waals surface area contributed by atoms with Gasteiger partial charge in [-0.15, -0.1) is 0 Å². The Labute approximate surface area is 240 Å². The number of aryl methyl sites for hydroxylation is 1. The van der Waals surface area contributed by atoms with Crippen molar-refractivity contribution in [1.29, 1.82) is 5.41 Å². The number of rotatable bonds is 12. The topological polar surface area (TPSA) is 169 Å². The summed E-state index contributed by atoms with van der Waals surface area (Å²) in [6.07, 6.45) is 13.0. The molecule has 0 bridgehead atoms. The van der Waals surface area contributed by atoms with Crippen LogP contribution in [-0.2, 0) is 4.79 Å². The first kappa shape index (κ1) is 31.7. The van der Waals surface area contributed by atoms with Gasteiger partial charge in [-0.1, -0.05) is 43.7 Å². The standard InChI is InChI=1S/C30H37ClN8O/c1-6-9-14-36-26(11-8-3)39-24-17-37-25(31)15-21(24)19(5)38-29(28(34)20(10-7-2)30(35)40)27-18(4)12-13-23(33)22(27)16-32/h6,9-17,32,39H,7-8,33-34H2,1-5H3,(H2,35,40)/b9-6-,20-10-,26-11-,29-28+,32-16?,36-14-,38-19?. The molecule has 0 atom stereocenters. The van der Waals surface area contributed by atoms with Gasteiger partial charge < -0.3 is 27.9 Å². The Bertz CT molecular complexity index is 1450. The number of primary amides is 1. The fraction of sp³-hybridized carbons (Fsp3) is 0.233. The van der Waals surface area contributed by atoms with Gasteiger partial charge >= 0.3 is 0 Å². The van der Waals surface area contributed by atoms with Gasteiger partial charge in [-0.05, 0) is 63.5 Å². The molecule has 40 heavy (non-hydrogen) atoms. The van der Waals surface area contributed by atoms with Crippen LogP contribution in [0.4, 0.5) is 11.4 Å². The number of nitrogens with one attached hydrogen (secondary N) is 2. The molecule has 1 aromatic heterocycles. The Balaban J connectivity index is 2.90. The molecule has 0 saturated carbocycles. The summed E-state index contributed by atoms with van der Waals surface area (Å²) in [5, 5.41) is 11.6. The number of amides is 1. The second kappa shape index (κ2) is 15.2. The second-order valence-electron chi connectivity index (χ2n) is 8.73. The van der Waals surface area contributed by atoms with Crippen LogP contribution in [0.15, 0.2) is 75.8 Å². The quantitative estimate of drug-likeness (QED) is 0.0715. The molecule has 0 saturated heterocycles. The molecule has 2 rings (SSSR count). The monoisotopic (exact) mass is 560 g/mol. The molecule has 0 aliphatic heterocycles. The van der Waals surface area contributed by atoms with E-state index in [0.717, 1.165) is 18.2 Å². The molecule has 0 aliphatic rings. The maximum Gasteiger partial charge on any atom is 0.250 e. The van der Waals surface area contributed by atoms with Crippen LogP contribution >= 0.6 is 11.6 Å². The highest BCUT2D eigenvalue weighted by molar-refractivity contribution is 6.30. The summed E-state index contributed by atoms with van der Waals surface area (Å²) >= 11 is 6.30. The highest BCUT2D eigenvalue weighted by Crippen LogP contribution is 2.32. The predicted molar refractivity (Wildman–Crippen MR) is 169 cm³/mol. The number of aliphatic imine (C=N–C) groups is 2. The van der Waals surface area contributed by atoms with Crippen LogP contribution in [0.1, 0.15) is 62.8 Å². The van der Waals surface area contributed by atoms with Crippen LogP contribution in [0, 0.1) is 12.3 Å². The molecule has 1 amide bonds. The number of carbonyl (C=O) groups excluding carboxylic acids is 1. The second-order valence-corrected chi connectivity index (χ2v) is 9.12. The highest BCUT2D eigenvalue weighted by Gasteiger charge is 2.21. The molecule has 2 aromatic rings. The van der Waals surface area contributed by atoms with Crippen molar-refractivity contribution in [1.82, 2.24) is 4.98 Å². The van der Waals surface area contributed by atoms with Crippen molar-refractivity contribution in [3.05, 3.63) is 93.2 Å². The maximum atomic E-state index is 12.4. The van der Waals surface area contributed by atoms with E-state index in [0.29, 0.717) is 46.0 Å². The van der Waals surface area contributed by atoms with Gasteiger partial charge in [0.15, 0.2) is 0 Å². The van der Waals surface area contributed by atoms with Crippen LogP contribution in [0.2, 0.25) is 5.15 Å². The summed E-state index contributed by atoms with van der Waals surface area (Å²) in [5.41, 5.74) is 22.8. The smallest absolute Gasteiger partial charge is 0.250 e. The number of nitrogens with zero attached hydrogens (tertiary/aromatic N) is 3. The van der Waals surface area contributed by atoms with E-state index in [1.807, 2.05) is 52.0 Å². The first-order chi connectivity index (χ1) is 19.1. The fourth-order valence-corrected chi connectivity index (χ4v) is 4.03. The predicted octanol–water partition coefficient (Wildman–Crippen LogP) is 5.89. The number of anilines is 2. The molecule has 0 unspecified atom stereocenters. The average molecular weight is 561 g/mol. The third-order valence-electron chi connectivity index (χ3n) is 5.78. The summed E-state index contributed by atoms with van der Waals surface area (Å²) in [6.45, 7) is 9.43. The molecule has 8 N–H and O–H groups in total. The molecule has 0 radical (unpaired) electrons.